The number of rotatable bonds is 1. The van der Waals surface area contributed by atoms with E-state index in [0.717, 1.165) is 16.2 Å². The SMILES string of the molecule is Fc1csc(-c2cccs2)c1F. The molecule has 0 aliphatic carbocycles. The van der Waals surface area contributed by atoms with Crippen LogP contribution in [0.4, 0.5) is 8.78 Å². The molecule has 0 spiro atoms. The maximum atomic E-state index is 13.0. The predicted molar refractivity (Wildman–Crippen MR) is 47.5 cm³/mol. The van der Waals surface area contributed by atoms with Crippen LogP contribution in [-0.4, -0.2) is 0 Å². The highest BCUT2D eigenvalue weighted by molar-refractivity contribution is 7.20. The van der Waals surface area contributed by atoms with E-state index in [2.05, 4.69) is 0 Å². The van der Waals surface area contributed by atoms with Crippen molar-refractivity contribution in [2.45, 2.75) is 0 Å². The van der Waals surface area contributed by atoms with Crippen LogP contribution >= 0.6 is 22.7 Å². The highest BCUT2D eigenvalue weighted by atomic mass is 32.1. The van der Waals surface area contributed by atoms with Crippen molar-refractivity contribution in [2.75, 3.05) is 0 Å². The third-order valence-corrected chi connectivity index (χ3v) is 3.41. The molecule has 2 aromatic rings. The van der Waals surface area contributed by atoms with E-state index in [4.69, 9.17) is 0 Å². The Labute approximate surface area is 76.1 Å². The first-order valence-electron chi connectivity index (χ1n) is 3.25. The molecule has 0 nitrogen and oxygen atoms in total. The second kappa shape index (κ2) is 2.95. The van der Waals surface area contributed by atoms with Crippen molar-refractivity contribution < 1.29 is 8.78 Å². The molecule has 0 aliphatic heterocycles. The number of hydrogen-bond donors (Lipinski definition) is 0. The van der Waals surface area contributed by atoms with Gasteiger partial charge in [0, 0.05) is 10.3 Å². The normalized spacial score (nSPS) is 10.5. The summed E-state index contributed by atoms with van der Waals surface area (Å²) in [7, 11) is 0. The van der Waals surface area contributed by atoms with Crippen LogP contribution in [0.25, 0.3) is 9.75 Å². The molecule has 0 radical (unpaired) electrons. The van der Waals surface area contributed by atoms with Gasteiger partial charge in [-0.15, -0.1) is 22.7 Å². The van der Waals surface area contributed by atoms with Crippen LogP contribution in [0, 0.1) is 11.6 Å². The second-order valence-electron chi connectivity index (χ2n) is 2.20. The van der Waals surface area contributed by atoms with Gasteiger partial charge in [-0.05, 0) is 11.4 Å². The Morgan fingerprint density at radius 2 is 2.00 bits per heavy atom. The molecule has 12 heavy (non-hydrogen) atoms. The molecule has 0 fully saturated rings. The topological polar surface area (TPSA) is 0 Å². The lowest BCUT2D eigenvalue weighted by Gasteiger charge is -1.89. The summed E-state index contributed by atoms with van der Waals surface area (Å²) < 4.78 is 25.5. The molecule has 0 aromatic carbocycles. The van der Waals surface area contributed by atoms with Gasteiger partial charge in [-0.3, -0.25) is 0 Å². The minimum Gasteiger partial charge on any atom is -0.203 e. The fraction of sp³-hybridized carbons (Fsp3) is 0. The monoisotopic (exact) mass is 202 g/mol. The lowest BCUT2D eigenvalue weighted by atomic mass is 10.4. The van der Waals surface area contributed by atoms with Gasteiger partial charge in [-0.2, -0.15) is 0 Å². The molecular weight excluding hydrogens is 198 g/mol. The lowest BCUT2D eigenvalue weighted by Crippen LogP contribution is -1.75. The van der Waals surface area contributed by atoms with E-state index < -0.39 is 11.6 Å². The maximum absolute atomic E-state index is 13.0. The predicted octanol–water partition coefficient (Wildman–Crippen LogP) is 3.75. The summed E-state index contributed by atoms with van der Waals surface area (Å²) in [6.45, 7) is 0. The number of thiophene rings is 2. The minimum atomic E-state index is -0.761. The fourth-order valence-electron chi connectivity index (χ4n) is 0.897. The van der Waals surface area contributed by atoms with Crippen LogP contribution < -0.4 is 0 Å². The smallest absolute Gasteiger partial charge is 0.178 e. The Bertz CT molecular complexity index is 376. The Kier molecular flexibility index (Phi) is 1.94. The van der Waals surface area contributed by atoms with Crippen molar-refractivity contribution in [1.82, 2.24) is 0 Å². The van der Waals surface area contributed by atoms with Crippen molar-refractivity contribution in [3.8, 4) is 9.75 Å². The third kappa shape index (κ3) is 1.17. The van der Waals surface area contributed by atoms with Crippen molar-refractivity contribution in [3.63, 3.8) is 0 Å². The molecule has 4 heteroatoms. The van der Waals surface area contributed by atoms with Crippen LogP contribution in [0.5, 0.6) is 0 Å². The van der Waals surface area contributed by atoms with Crippen molar-refractivity contribution in [3.05, 3.63) is 34.5 Å². The first-order valence-corrected chi connectivity index (χ1v) is 5.01. The summed E-state index contributed by atoms with van der Waals surface area (Å²) >= 11 is 2.50. The highest BCUT2D eigenvalue weighted by Crippen LogP contribution is 2.33. The lowest BCUT2D eigenvalue weighted by molar-refractivity contribution is 0.518. The Morgan fingerprint density at radius 1 is 1.17 bits per heavy atom. The van der Waals surface area contributed by atoms with E-state index in [1.54, 1.807) is 6.07 Å². The van der Waals surface area contributed by atoms with Crippen LogP contribution in [-0.2, 0) is 0 Å². The number of hydrogen-bond acceptors (Lipinski definition) is 2. The van der Waals surface area contributed by atoms with Crippen molar-refractivity contribution >= 4 is 22.7 Å². The largest absolute Gasteiger partial charge is 0.203 e. The Balaban J connectivity index is 2.55. The van der Waals surface area contributed by atoms with Crippen molar-refractivity contribution in [1.29, 1.82) is 0 Å². The van der Waals surface area contributed by atoms with E-state index in [1.165, 1.54) is 16.7 Å². The van der Waals surface area contributed by atoms with Gasteiger partial charge in [-0.25, -0.2) is 8.78 Å². The molecule has 2 heterocycles. The molecule has 0 saturated heterocycles. The van der Waals surface area contributed by atoms with Gasteiger partial charge < -0.3 is 0 Å². The zero-order valence-electron chi connectivity index (χ0n) is 5.88. The van der Waals surface area contributed by atoms with Crippen molar-refractivity contribution in [2.24, 2.45) is 0 Å². The van der Waals surface area contributed by atoms with Crippen LogP contribution in [0.2, 0.25) is 0 Å². The zero-order chi connectivity index (χ0) is 8.55. The number of halogens is 2. The molecule has 0 saturated carbocycles. The average molecular weight is 202 g/mol. The maximum Gasteiger partial charge on any atom is 0.178 e. The highest BCUT2D eigenvalue weighted by Gasteiger charge is 2.12. The molecule has 2 aromatic heterocycles. The van der Waals surface area contributed by atoms with Gasteiger partial charge >= 0.3 is 0 Å². The molecule has 62 valence electrons. The summed E-state index contributed by atoms with van der Waals surface area (Å²) in [6.07, 6.45) is 0. The van der Waals surface area contributed by atoms with Gasteiger partial charge in [0.05, 0.1) is 4.88 Å². The summed E-state index contributed by atoms with van der Waals surface area (Å²) in [5.74, 6) is -1.49. The molecule has 0 amide bonds. The van der Waals surface area contributed by atoms with Crippen LogP contribution in [0.15, 0.2) is 22.9 Å². The molecule has 0 aliphatic rings. The summed E-state index contributed by atoms with van der Waals surface area (Å²) in [4.78, 5) is 1.17. The van der Waals surface area contributed by atoms with Gasteiger partial charge in [0.2, 0.25) is 0 Å². The first-order chi connectivity index (χ1) is 5.79. The third-order valence-electron chi connectivity index (χ3n) is 1.43. The van der Waals surface area contributed by atoms with E-state index in [0.29, 0.717) is 4.88 Å². The van der Waals surface area contributed by atoms with Gasteiger partial charge in [0.25, 0.3) is 0 Å². The van der Waals surface area contributed by atoms with Crippen LogP contribution in [0.1, 0.15) is 0 Å². The second-order valence-corrected chi connectivity index (χ2v) is 4.03. The van der Waals surface area contributed by atoms with E-state index >= 15 is 0 Å². The van der Waals surface area contributed by atoms with Gasteiger partial charge in [0.15, 0.2) is 11.6 Å². The standard InChI is InChI=1S/C8H4F2S2/c9-5-4-12-8(7(5)10)6-2-1-3-11-6/h1-4H. The molecule has 0 unspecified atom stereocenters. The fourth-order valence-corrected chi connectivity index (χ4v) is 2.55. The van der Waals surface area contributed by atoms with Gasteiger partial charge in [-0.1, -0.05) is 6.07 Å². The first kappa shape index (κ1) is 7.89. The Morgan fingerprint density at radius 3 is 2.50 bits per heavy atom. The summed E-state index contributed by atoms with van der Waals surface area (Å²) in [5.41, 5.74) is 0. The molecule has 0 bridgehead atoms. The Hall–Kier alpha value is -0.740. The zero-order valence-corrected chi connectivity index (χ0v) is 7.51. The van der Waals surface area contributed by atoms with Crippen LogP contribution in [0.3, 0.4) is 0 Å². The molecule has 2 rings (SSSR count). The molecular formula is C8H4F2S2. The summed E-state index contributed by atoms with van der Waals surface area (Å²) in [5, 5.41) is 3.02. The van der Waals surface area contributed by atoms with E-state index in [9.17, 15) is 8.78 Å². The summed E-state index contributed by atoms with van der Waals surface area (Å²) in [6, 6.07) is 3.59. The quantitative estimate of drug-likeness (QED) is 0.660. The van der Waals surface area contributed by atoms with Gasteiger partial charge in [0.1, 0.15) is 0 Å². The minimum absolute atomic E-state index is 0.391. The van der Waals surface area contributed by atoms with E-state index in [-0.39, 0.29) is 0 Å². The van der Waals surface area contributed by atoms with E-state index in [1.807, 2.05) is 11.4 Å². The molecule has 0 atom stereocenters. The average Bonchev–Trinajstić information content (AvgIpc) is 2.64. The molecule has 0 N–H and O–H groups in total.